The summed E-state index contributed by atoms with van der Waals surface area (Å²) in [5.41, 5.74) is 11.4. The lowest BCUT2D eigenvalue weighted by Gasteiger charge is -2.33. The van der Waals surface area contributed by atoms with E-state index < -0.39 is 30.5 Å². The number of nitrogens with two attached hydrogens (primary N) is 2. The van der Waals surface area contributed by atoms with Crippen molar-refractivity contribution in [2.75, 3.05) is 6.61 Å². The molecule has 0 aromatic rings. The van der Waals surface area contributed by atoms with Gasteiger partial charge in [0.05, 0.1) is 12.6 Å². The molecule has 7 N–H and O–H groups in total. The number of hydrogen-bond acceptors (Lipinski definition) is 8. The van der Waals surface area contributed by atoms with Gasteiger partial charge in [0.1, 0.15) is 29.9 Å². The molecule has 24 heavy (non-hydrogen) atoms. The molecule has 9 nitrogen and oxygen atoms in total. The lowest BCUT2D eigenvalue weighted by molar-refractivity contribution is -0.124. The largest absolute Gasteiger partial charge is 0.394 e. The number of carbonyl (C=O) groups is 1. The van der Waals surface area contributed by atoms with Gasteiger partial charge in [-0.15, -0.1) is 0 Å². The molecule has 0 aliphatic carbocycles. The summed E-state index contributed by atoms with van der Waals surface area (Å²) in [6.07, 6.45) is 1.73. The summed E-state index contributed by atoms with van der Waals surface area (Å²) in [6.45, 7) is 5.33. The van der Waals surface area contributed by atoms with Gasteiger partial charge in [-0.3, -0.25) is 4.79 Å². The maximum atomic E-state index is 12.2. The Morgan fingerprint density at radius 1 is 1.62 bits per heavy atom. The minimum atomic E-state index is -1.10. The van der Waals surface area contributed by atoms with E-state index in [2.05, 4.69) is 16.9 Å². The Hall–Kier alpha value is -1.94. The van der Waals surface area contributed by atoms with E-state index in [4.69, 9.17) is 16.2 Å². The quantitative estimate of drug-likeness (QED) is 0.389. The molecule has 1 fully saturated rings. The van der Waals surface area contributed by atoms with Crippen molar-refractivity contribution in [2.24, 2.45) is 16.5 Å². The fraction of sp³-hybridized carbons (Fsp3) is 0.600. The molecule has 9 heteroatoms. The van der Waals surface area contributed by atoms with E-state index in [0.29, 0.717) is 18.1 Å². The SMILES string of the molecule is C=C1N=C(N)C=CN1[C@@H]1O[C@H](CO)[C@H](O)C1NC(=O)C(N)CCC. The van der Waals surface area contributed by atoms with Crippen LogP contribution in [0, 0.1) is 0 Å². The van der Waals surface area contributed by atoms with Crippen molar-refractivity contribution in [1.29, 1.82) is 0 Å². The van der Waals surface area contributed by atoms with E-state index in [0.717, 1.165) is 6.42 Å². The molecule has 0 spiro atoms. The molecule has 2 aliphatic rings. The summed E-state index contributed by atoms with van der Waals surface area (Å²) in [5, 5.41) is 22.5. The van der Waals surface area contributed by atoms with Crippen LogP contribution in [0.2, 0.25) is 0 Å². The van der Waals surface area contributed by atoms with E-state index in [1.807, 2.05) is 6.92 Å². The molecular weight excluding hydrogens is 314 g/mol. The van der Waals surface area contributed by atoms with Gasteiger partial charge >= 0.3 is 0 Å². The molecule has 1 amide bonds. The van der Waals surface area contributed by atoms with Crippen molar-refractivity contribution >= 4 is 11.7 Å². The van der Waals surface area contributed by atoms with E-state index in [1.54, 1.807) is 17.2 Å². The highest BCUT2D eigenvalue weighted by molar-refractivity contribution is 5.92. The zero-order valence-electron chi connectivity index (χ0n) is 13.6. The van der Waals surface area contributed by atoms with Crippen molar-refractivity contribution in [1.82, 2.24) is 10.2 Å². The van der Waals surface area contributed by atoms with Crippen LogP contribution < -0.4 is 16.8 Å². The molecule has 1 saturated heterocycles. The predicted molar refractivity (Wildman–Crippen MR) is 88.3 cm³/mol. The Kier molecular flexibility index (Phi) is 5.94. The second kappa shape index (κ2) is 7.75. The van der Waals surface area contributed by atoms with Crippen LogP contribution in [0.3, 0.4) is 0 Å². The van der Waals surface area contributed by atoms with E-state index >= 15 is 0 Å². The number of nitrogens with one attached hydrogen (secondary N) is 1. The average molecular weight is 339 g/mol. The van der Waals surface area contributed by atoms with E-state index in [-0.39, 0.29) is 12.5 Å². The number of aliphatic hydroxyl groups excluding tert-OH is 2. The summed E-state index contributed by atoms with van der Waals surface area (Å²) < 4.78 is 5.67. The number of aliphatic hydroxyl groups is 2. The van der Waals surface area contributed by atoms with Gasteiger partial charge in [0.2, 0.25) is 5.91 Å². The Bertz CT molecular complexity index is 550. The van der Waals surface area contributed by atoms with Gasteiger partial charge in [0, 0.05) is 6.20 Å². The molecular formula is C15H25N5O4. The maximum absolute atomic E-state index is 12.2. The monoisotopic (exact) mass is 339 g/mol. The molecule has 0 aromatic heterocycles. The average Bonchev–Trinajstić information content (AvgIpc) is 2.84. The minimum Gasteiger partial charge on any atom is -0.394 e. The second-order valence-electron chi connectivity index (χ2n) is 5.84. The van der Waals surface area contributed by atoms with E-state index in [1.165, 1.54) is 0 Å². The summed E-state index contributed by atoms with van der Waals surface area (Å²) in [6, 6.07) is -1.47. The topological polar surface area (TPSA) is 146 Å². The molecule has 0 bridgehead atoms. The van der Waals surface area contributed by atoms with Gasteiger partial charge in [-0.05, 0) is 12.5 Å². The Morgan fingerprint density at radius 2 is 2.33 bits per heavy atom. The number of nitrogens with zero attached hydrogens (tertiary/aromatic N) is 2. The van der Waals surface area contributed by atoms with Crippen LogP contribution >= 0.6 is 0 Å². The van der Waals surface area contributed by atoms with Crippen molar-refractivity contribution in [3.63, 3.8) is 0 Å². The van der Waals surface area contributed by atoms with Gasteiger partial charge < -0.3 is 36.6 Å². The molecule has 0 aromatic carbocycles. The van der Waals surface area contributed by atoms with Crippen LogP contribution in [-0.4, -0.2) is 64.0 Å². The van der Waals surface area contributed by atoms with Crippen molar-refractivity contribution in [2.45, 2.75) is 50.3 Å². The van der Waals surface area contributed by atoms with Crippen LogP contribution in [0.25, 0.3) is 0 Å². The third-order valence-corrected chi connectivity index (χ3v) is 4.03. The third-order valence-electron chi connectivity index (χ3n) is 4.03. The number of amides is 1. The lowest BCUT2D eigenvalue weighted by atomic mass is 10.1. The first kappa shape index (κ1) is 18.4. The number of ether oxygens (including phenoxy) is 1. The molecule has 2 rings (SSSR count). The molecule has 5 atom stereocenters. The van der Waals surface area contributed by atoms with Crippen molar-refractivity contribution in [3.8, 4) is 0 Å². The van der Waals surface area contributed by atoms with Crippen molar-refractivity contribution < 1.29 is 19.7 Å². The summed E-state index contributed by atoms with van der Waals surface area (Å²) >= 11 is 0. The highest BCUT2D eigenvalue weighted by atomic mass is 16.5. The fourth-order valence-corrected chi connectivity index (χ4v) is 2.72. The Balaban J connectivity index is 2.17. The number of carbonyl (C=O) groups excluding carboxylic acids is 1. The van der Waals surface area contributed by atoms with Gasteiger partial charge in [-0.1, -0.05) is 19.9 Å². The smallest absolute Gasteiger partial charge is 0.237 e. The first-order valence-electron chi connectivity index (χ1n) is 7.89. The van der Waals surface area contributed by atoms with E-state index in [9.17, 15) is 15.0 Å². The number of rotatable bonds is 6. The van der Waals surface area contributed by atoms with Gasteiger partial charge in [0.15, 0.2) is 6.23 Å². The number of amidine groups is 1. The first-order valence-corrected chi connectivity index (χ1v) is 7.89. The normalized spacial score (nSPS) is 31.1. The predicted octanol–water partition coefficient (Wildman–Crippen LogP) is -1.67. The summed E-state index contributed by atoms with van der Waals surface area (Å²) in [5.74, 6) is 0.213. The van der Waals surface area contributed by atoms with Crippen molar-refractivity contribution in [3.05, 3.63) is 24.7 Å². The zero-order valence-corrected chi connectivity index (χ0v) is 13.6. The Morgan fingerprint density at radius 3 is 2.92 bits per heavy atom. The fourth-order valence-electron chi connectivity index (χ4n) is 2.72. The highest BCUT2D eigenvalue weighted by Gasteiger charge is 2.47. The molecule has 2 aliphatic heterocycles. The van der Waals surface area contributed by atoms with Gasteiger partial charge in [-0.2, -0.15) is 0 Å². The van der Waals surface area contributed by atoms with Crippen LogP contribution in [0.5, 0.6) is 0 Å². The first-order chi connectivity index (χ1) is 11.4. The maximum Gasteiger partial charge on any atom is 0.237 e. The molecule has 2 heterocycles. The Labute approximate surface area is 140 Å². The molecule has 2 unspecified atom stereocenters. The number of hydrogen-bond donors (Lipinski definition) is 5. The minimum absolute atomic E-state index is 0.291. The molecule has 0 saturated carbocycles. The summed E-state index contributed by atoms with van der Waals surface area (Å²) in [7, 11) is 0. The lowest BCUT2D eigenvalue weighted by Crippen LogP contribution is -2.55. The number of aliphatic imine (C=N–C) groups is 1. The van der Waals surface area contributed by atoms with Crippen LogP contribution in [0.15, 0.2) is 29.7 Å². The molecule has 134 valence electrons. The second-order valence-corrected chi connectivity index (χ2v) is 5.84. The summed E-state index contributed by atoms with van der Waals surface area (Å²) in [4.78, 5) is 17.8. The van der Waals surface area contributed by atoms with Crippen LogP contribution in [-0.2, 0) is 9.53 Å². The molecule has 0 radical (unpaired) electrons. The third kappa shape index (κ3) is 3.75. The highest BCUT2D eigenvalue weighted by Crippen LogP contribution is 2.28. The van der Waals surface area contributed by atoms with Gasteiger partial charge in [-0.25, -0.2) is 4.99 Å². The van der Waals surface area contributed by atoms with Crippen LogP contribution in [0.1, 0.15) is 19.8 Å². The van der Waals surface area contributed by atoms with Gasteiger partial charge in [0.25, 0.3) is 0 Å². The standard InChI is InChI=1S/C15H25N5O4/c1-3-4-9(16)14(23)19-12-13(22)10(7-21)24-15(12)20-6-5-11(17)18-8(20)2/h5-6,9-10,12-13,15,21-22H,2-4,7,16H2,1H3,(H2,17,18)(H,19,23)/t9?,10-,12?,13+,15-/m1/s1. The van der Waals surface area contributed by atoms with Crippen LogP contribution in [0.4, 0.5) is 0 Å². The zero-order chi connectivity index (χ0) is 17.9.